The topological polar surface area (TPSA) is 68.1 Å². The van der Waals surface area contributed by atoms with Crippen LogP contribution < -0.4 is 5.32 Å². The van der Waals surface area contributed by atoms with E-state index in [0.29, 0.717) is 11.7 Å². The van der Waals surface area contributed by atoms with Crippen LogP contribution in [0.4, 0.5) is 11.5 Å². The molecule has 0 aromatic carbocycles. The fraction of sp³-hybridized carbons (Fsp3) is 0.643. The van der Waals surface area contributed by atoms with Crippen LogP contribution in [0.15, 0.2) is 12.1 Å². The van der Waals surface area contributed by atoms with Crippen molar-refractivity contribution in [2.45, 2.75) is 39.0 Å². The first-order chi connectivity index (χ1) is 9.58. The molecule has 1 N–H and O–H groups in total. The normalized spacial score (nSPS) is 22.5. The van der Waals surface area contributed by atoms with Crippen LogP contribution in [0.5, 0.6) is 0 Å². The molecule has 0 saturated heterocycles. The molecule has 20 heavy (non-hydrogen) atoms. The minimum absolute atomic E-state index is 0.0257. The Bertz CT molecular complexity index is 473. The van der Waals surface area contributed by atoms with Gasteiger partial charge in [-0.1, -0.05) is 37.8 Å². The SMILES string of the molecule is CCC1CCC(CNc2cc([N+](=O)[O-])cc(Cl)n2)CC1. The molecule has 2 rings (SSSR count). The Morgan fingerprint density at radius 3 is 2.60 bits per heavy atom. The molecular weight excluding hydrogens is 278 g/mol. The molecule has 6 heteroatoms. The van der Waals surface area contributed by atoms with Gasteiger partial charge in [0.2, 0.25) is 0 Å². The van der Waals surface area contributed by atoms with Crippen molar-refractivity contribution in [1.29, 1.82) is 0 Å². The van der Waals surface area contributed by atoms with Crippen molar-refractivity contribution >= 4 is 23.1 Å². The Balaban J connectivity index is 1.89. The molecule has 1 aromatic rings. The first-order valence-electron chi connectivity index (χ1n) is 7.14. The van der Waals surface area contributed by atoms with Crippen LogP contribution in [0.3, 0.4) is 0 Å². The molecule has 1 aliphatic carbocycles. The number of nitrogens with zero attached hydrogens (tertiary/aromatic N) is 2. The summed E-state index contributed by atoms with van der Waals surface area (Å²) in [7, 11) is 0. The summed E-state index contributed by atoms with van der Waals surface area (Å²) in [6.07, 6.45) is 6.27. The summed E-state index contributed by atoms with van der Waals surface area (Å²) >= 11 is 5.80. The van der Waals surface area contributed by atoms with Crippen molar-refractivity contribution in [3.63, 3.8) is 0 Å². The summed E-state index contributed by atoms with van der Waals surface area (Å²) in [5, 5.41) is 14.1. The van der Waals surface area contributed by atoms with E-state index in [1.165, 1.54) is 44.2 Å². The Morgan fingerprint density at radius 2 is 2.00 bits per heavy atom. The predicted octanol–water partition coefficient (Wildman–Crippen LogP) is 4.27. The molecule has 0 bridgehead atoms. The number of hydrogen-bond acceptors (Lipinski definition) is 4. The van der Waals surface area contributed by atoms with Gasteiger partial charge >= 0.3 is 0 Å². The second-order valence-corrected chi connectivity index (χ2v) is 5.85. The van der Waals surface area contributed by atoms with Gasteiger partial charge in [0, 0.05) is 6.54 Å². The summed E-state index contributed by atoms with van der Waals surface area (Å²) in [5.74, 6) is 1.98. The van der Waals surface area contributed by atoms with Crippen LogP contribution in [0.1, 0.15) is 39.0 Å². The number of pyridine rings is 1. The van der Waals surface area contributed by atoms with Crippen molar-refractivity contribution in [2.75, 3.05) is 11.9 Å². The van der Waals surface area contributed by atoms with E-state index in [2.05, 4.69) is 17.2 Å². The Hall–Kier alpha value is -1.36. The van der Waals surface area contributed by atoms with Crippen LogP contribution in [-0.4, -0.2) is 16.5 Å². The summed E-state index contributed by atoms with van der Waals surface area (Å²) in [4.78, 5) is 14.4. The van der Waals surface area contributed by atoms with Crippen LogP contribution in [0.25, 0.3) is 0 Å². The molecule has 5 nitrogen and oxygen atoms in total. The second kappa shape index (κ2) is 6.88. The van der Waals surface area contributed by atoms with Crippen molar-refractivity contribution in [1.82, 2.24) is 4.98 Å². The van der Waals surface area contributed by atoms with Crippen LogP contribution >= 0.6 is 11.6 Å². The molecule has 0 radical (unpaired) electrons. The minimum Gasteiger partial charge on any atom is -0.370 e. The number of rotatable bonds is 5. The molecule has 1 aliphatic rings. The average molecular weight is 298 g/mol. The summed E-state index contributed by atoms with van der Waals surface area (Å²) in [6, 6.07) is 2.70. The number of hydrogen-bond donors (Lipinski definition) is 1. The number of nitrogens with one attached hydrogen (secondary N) is 1. The van der Waals surface area contributed by atoms with Crippen molar-refractivity contribution < 1.29 is 4.92 Å². The van der Waals surface area contributed by atoms with E-state index in [0.717, 1.165) is 12.5 Å². The summed E-state index contributed by atoms with van der Waals surface area (Å²) in [5.41, 5.74) is -0.0257. The number of nitro groups is 1. The Morgan fingerprint density at radius 1 is 1.35 bits per heavy atom. The van der Waals surface area contributed by atoms with Gasteiger partial charge in [0.1, 0.15) is 11.0 Å². The maximum absolute atomic E-state index is 10.8. The van der Waals surface area contributed by atoms with Gasteiger partial charge in [-0.25, -0.2) is 4.98 Å². The highest BCUT2D eigenvalue weighted by Crippen LogP contribution is 2.31. The van der Waals surface area contributed by atoms with E-state index in [-0.39, 0.29) is 10.8 Å². The van der Waals surface area contributed by atoms with Gasteiger partial charge in [0.15, 0.2) is 0 Å². The third-order valence-corrected chi connectivity index (χ3v) is 4.30. The smallest absolute Gasteiger partial charge is 0.276 e. The van der Waals surface area contributed by atoms with Gasteiger partial charge in [-0.3, -0.25) is 10.1 Å². The van der Waals surface area contributed by atoms with E-state index in [1.807, 2.05) is 0 Å². The highest BCUT2D eigenvalue weighted by Gasteiger charge is 2.20. The van der Waals surface area contributed by atoms with Gasteiger partial charge in [0.05, 0.1) is 17.1 Å². The zero-order valence-corrected chi connectivity index (χ0v) is 12.4. The lowest BCUT2D eigenvalue weighted by Crippen LogP contribution is -2.21. The number of anilines is 1. The Labute approximate surface area is 123 Å². The lowest BCUT2D eigenvalue weighted by molar-refractivity contribution is -0.384. The Kier molecular flexibility index (Phi) is 5.17. The third-order valence-electron chi connectivity index (χ3n) is 4.11. The lowest BCUT2D eigenvalue weighted by atomic mass is 9.81. The number of aromatic nitrogens is 1. The minimum atomic E-state index is -0.453. The van der Waals surface area contributed by atoms with E-state index in [1.54, 1.807) is 0 Å². The molecule has 1 heterocycles. The largest absolute Gasteiger partial charge is 0.370 e. The van der Waals surface area contributed by atoms with Gasteiger partial charge in [0.25, 0.3) is 5.69 Å². The first-order valence-corrected chi connectivity index (χ1v) is 7.52. The zero-order valence-electron chi connectivity index (χ0n) is 11.6. The van der Waals surface area contributed by atoms with Crippen LogP contribution in [-0.2, 0) is 0 Å². The van der Waals surface area contributed by atoms with Crippen LogP contribution in [0.2, 0.25) is 5.15 Å². The van der Waals surface area contributed by atoms with E-state index >= 15 is 0 Å². The van der Waals surface area contributed by atoms with E-state index < -0.39 is 4.92 Å². The third kappa shape index (κ3) is 4.07. The molecule has 1 fully saturated rings. The van der Waals surface area contributed by atoms with Gasteiger partial charge < -0.3 is 5.32 Å². The van der Waals surface area contributed by atoms with Crippen molar-refractivity contribution in [3.05, 3.63) is 27.4 Å². The molecule has 0 amide bonds. The highest BCUT2D eigenvalue weighted by molar-refractivity contribution is 6.29. The van der Waals surface area contributed by atoms with Crippen molar-refractivity contribution in [3.8, 4) is 0 Å². The van der Waals surface area contributed by atoms with Crippen molar-refractivity contribution in [2.24, 2.45) is 11.8 Å². The van der Waals surface area contributed by atoms with Crippen LogP contribution in [0, 0.1) is 22.0 Å². The molecule has 0 aliphatic heterocycles. The average Bonchev–Trinajstić information content (AvgIpc) is 2.45. The maximum Gasteiger partial charge on any atom is 0.276 e. The maximum atomic E-state index is 10.8. The molecule has 110 valence electrons. The summed E-state index contributed by atoms with van der Waals surface area (Å²) in [6.45, 7) is 3.05. The van der Waals surface area contributed by atoms with E-state index in [9.17, 15) is 10.1 Å². The molecule has 1 saturated carbocycles. The molecule has 0 unspecified atom stereocenters. The zero-order chi connectivity index (χ0) is 14.5. The molecule has 0 atom stereocenters. The quantitative estimate of drug-likeness (QED) is 0.500. The van der Waals surface area contributed by atoms with E-state index in [4.69, 9.17) is 11.6 Å². The van der Waals surface area contributed by atoms with Gasteiger partial charge in [-0.15, -0.1) is 0 Å². The van der Waals surface area contributed by atoms with Gasteiger partial charge in [-0.05, 0) is 24.7 Å². The summed E-state index contributed by atoms with van der Waals surface area (Å²) < 4.78 is 0. The lowest BCUT2D eigenvalue weighted by Gasteiger charge is -2.27. The van der Waals surface area contributed by atoms with Gasteiger partial charge in [-0.2, -0.15) is 0 Å². The predicted molar refractivity (Wildman–Crippen MR) is 80.1 cm³/mol. The molecular formula is C14H20ClN3O2. The number of halogens is 1. The molecule has 1 aromatic heterocycles. The fourth-order valence-electron chi connectivity index (χ4n) is 2.77. The molecule has 0 spiro atoms. The monoisotopic (exact) mass is 297 g/mol. The highest BCUT2D eigenvalue weighted by atomic mass is 35.5. The second-order valence-electron chi connectivity index (χ2n) is 5.47. The standard InChI is InChI=1S/C14H20ClN3O2/c1-2-10-3-5-11(6-4-10)9-16-14-8-12(18(19)20)7-13(15)17-14/h7-8,10-11H,2-6,9H2,1H3,(H,16,17). The fourth-order valence-corrected chi connectivity index (χ4v) is 2.97. The first kappa shape index (κ1) is 15.0.